The van der Waals surface area contributed by atoms with Gasteiger partial charge in [0.15, 0.2) is 0 Å². The topological polar surface area (TPSA) is 25.8 Å². The number of rotatable bonds is 9. The van der Waals surface area contributed by atoms with E-state index in [-0.39, 0.29) is 0 Å². The van der Waals surface area contributed by atoms with Crippen LogP contribution in [0.2, 0.25) is 10.3 Å². The zero-order valence-electron chi connectivity index (χ0n) is 28.6. The Morgan fingerprint density at radius 2 is 0.867 bits per heavy atom. The van der Waals surface area contributed by atoms with Crippen LogP contribution in [0.25, 0.3) is 0 Å². The van der Waals surface area contributed by atoms with Crippen molar-refractivity contribution in [1.82, 2.24) is 9.97 Å². The van der Waals surface area contributed by atoms with Crippen molar-refractivity contribution in [3.8, 4) is 0 Å². The van der Waals surface area contributed by atoms with Gasteiger partial charge in [0.2, 0.25) is 0 Å². The molecule has 4 saturated carbocycles. The summed E-state index contributed by atoms with van der Waals surface area (Å²) in [6.07, 6.45) is 34.2. The first-order valence-corrected chi connectivity index (χ1v) is 20.0. The van der Waals surface area contributed by atoms with Gasteiger partial charge in [0.05, 0.1) is 0 Å². The lowest BCUT2D eigenvalue weighted by Crippen LogP contribution is -2.25. The van der Waals surface area contributed by atoms with E-state index in [9.17, 15) is 0 Å². The summed E-state index contributed by atoms with van der Waals surface area (Å²) >= 11 is 11.8. The van der Waals surface area contributed by atoms with Gasteiger partial charge in [0.1, 0.15) is 10.3 Å². The van der Waals surface area contributed by atoms with Crippen LogP contribution in [-0.2, 0) is 0 Å². The molecule has 0 amide bonds. The highest BCUT2D eigenvalue weighted by molar-refractivity contribution is 6.29. The Balaban J connectivity index is 0.000000178. The van der Waals surface area contributed by atoms with E-state index in [4.69, 9.17) is 23.2 Å². The summed E-state index contributed by atoms with van der Waals surface area (Å²) in [4.78, 5) is 8.52. The molecule has 4 aliphatic rings. The molecular formula is C41H62Cl2N2. The number of hydrogen-bond donors (Lipinski definition) is 0. The third-order valence-corrected chi connectivity index (χ3v) is 13.2. The molecule has 0 spiro atoms. The van der Waals surface area contributed by atoms with Crippen LogP contribution < -0.4 is 0 Å². The number of aromatic nitrogens is 2. The van der Waals surface area contributed by atoms with E-state index in [1.165, 1.54) is 146 Å². The normalized spacial score (nSPS) is 32.4. The summed E-state index contributed by atoms with van der Waals surface area (Å²) in [5.74, 6) is 7.57. The lowest BCUT2D eigenvalue weighted by molar-refractivity contribution is 0.156. The first-order valence-electron chi connectivity index (χ1n) is 19.2. The Bertz CT molecular complexity index is 1070. The Labute approximate surface area is 286 Å². The largest absolute Gasteiger partial charge is 0.244 e. The molecule has 2 aromatic heterocycles. The van der Waals surface area contributed by atoms with Gasteiger partial charge in [-0.1, -0.05) is 107 Å². The van der Waals surface area contributed by atoms with Crippen molar-refractivity contribution in [2.45, 2.75) is 161 Å². The fourth-order valence-corrected chi connectivity index (χ4v) is 10.1. The molecule has 0 atom stereocenters. The lowest BCUT2D eigenvalue weighted by atomic mass is 9.68. The van der Waals surface area contributed by atoms with Crippen molar-refractivity contribution in [1.29, 1.82) is 0 Å². The third-order valence-electron chi connectivity index (χ3n) is 12.8. The van der Waals surface area contributed by atoms with Crippen molar-refractivity contribution < 1.29 is 0 Å². The van der Waals surface area contributed by atoms with E-state index in [0.717, 1.165) is 47.3 Å². The van der Waals surface area contributed by atoms with Gasteiger partial charge in [-0.2, -0.15) is 0 Å². The van der Waals surface area contributed by atoms with Gasteiger partial charge in [0.25, 0.3) is 0 Å². The molecule has 0 aromatic carbocycles. The van der Waals surface area contributed by atoms with E-state index in [2.05, 4.69) is 35.9 Å². The Hall–Kier alpha value is -1.12. The van der Waals surface area contributed by atoms with Gasteiger partial charge in [-0.15, -0.1) is 0 Å². The van der Waals surface area contributed by atoms with Crippen molar-refractivity contribution >= 4 is 23.2 Å². The summed E-state index contributed by atoms with van der Waals surface area (Å²) in [6.45, 7) is 4.65. The smallest absolute Gasteiger partial charge is 0.129 e. The molecule has 0 unspecified atom stereocenters. The van der Waals surface area contributed by atoms with Crippen LogP contribution in [0, 0.1) is 35.5 Å². The van der Waals surface area contributed by atoms with Crippen LogP contribution in [-0.4, -0.2) is 9.97 Å². The molecule has 0 saturated heterocycles. The maximum atomic E-state index is 5.91. The fourth-order valence-electron chi connectivity index (χ4n) is 9.90. The predicted octanol–water partition coefficient (Wildman–Crippen LogP) is 13.6. The molecule has 4 aliphatic carbocycles. The van der Waals surface area contributed by atoms with Gasteiger partial charge < -0.3 is 0 Å². The zero-order valence-corrected chi connectivity index (χ0v) is 30.1. The lowest BCUT2D eigenvalue weighted by Gasteiger charge is -2.38. The van der Waals surface area contributed by atoms with E-state index < -0.39 is 0 Å². The fraction of sp³-hybridized carbons (Fsp3) is 0.756. The average Bonchev–Trinajstić information content (AvgIpc) is 3.09. The second-order valence-corrected chi connectivity index (χ2v) is 16.3. The molecule has 0 bridgehead atoms. The van der Waals surface area contributed by atoms with Crippen LogP contribution in [0.1, 0.15) is 172 Å². The third kappa shape index (κ3) is 10.7. The van der Waals surface area contributed by atoms with Crippen molar-refractivity contribution in [3.05, 3.63) is 58.1 Å². The molecule has 4 fully saturated rings. The van der Waals surface area contributed by atoms with Crippen molar-refractivity contribution in [2.24, 2.45) is 35.5 Å². The summed E-state index contributed by atoms with van der Waals surface area (Å²) in [5.41, 5.74) is 2.80. The minimum Gasteiger partial charge on any atom is -0.244 e. The SMILES string of the molecule is CCCC[C@H]1CC[C@H](C2CCC(c3ccc(Cl)nc3)CC2)CC1.CCC[C@H]1CC[C@H](C2CCC(c3ccc(Cl)nc3)CC2)CC1. The predicted molar refractivity (Wildman–Crippen MR) is 193 cm³/mol. The molecule has 2 nitrogen and oxygen atoms in total. The van der Waals surface area contributed by atoms with Gasteiger partial charge in [-0.05, 0) is 148 Å². The molecule has 2 aromatic rings. The minimum absolute atomic E-state index is 0.612. The van der Waals surface area contributed by atoms with Crippen LogP contribution >= 0.6 is 23.2 Å². The highest BCUT2D eigenvalue weighted by Crippen LogP contribution is 2.46. The summed E-state index contributed by atoms with van der Waals surface area (Å²) in [5, 5.41) is 1.23. The highest BCUT2D eigenvalue weighted by atomic mass is 35.5. The van der Waals surface area contributed by atoms with Crippen LogP contribution in [0.3, 0.4) is 0 Å². The molecule has 0 N–H and O–H groups in total. The maximum absolute atomic E-state index is 5.91. The maximum Gasteiger partial charge on any atom is 0.129 e. The molecule has 0 aliphatic heterocycles. The number of halogens is 2. The molecule has 6 rings (SSSR count). The standard InChI is InChI=1S/C21H32ClN.C20H30ClN/c1-2-3-4-16-5-7-17(8-6-16)18-9-11-19(12-10-18)20-13-14-21(22)23-15-20;1-2-3-15-4-6-16(7-5-15)17-8-10-18(11-9-17)19-12-13-20(21)22-14-19/h13-19H,2-12H2,1H3;12-18H,2-11H2,1H3/t16-,17-,18?,19?;15-,16-,17?,18?. The molecule has 250 valence electrons. The molecule has 45 heavy (non-hydrogen) atoms. The zero-order chi connectivity index (χ0) is 31.4. The Morgan fingerprint density at radius 3 is 1.20 bits per heavy atom. The number of hydrogen-bond acceptors (Lipinski definition) is 2. The molecule has 2 heterocycles. The first-order chi connectivity index (χ1) is 22.0. The molecule has 4 heteroatoms. The van der Waals surface area contributed by atoms with E-state index in [1.807, 2.05) is 24.5 Å². The van der Waals surface area contributed by atoms with Crippen LogP contribution in [0.15, 0.2) is 36.7 Å². The summed E-state index contributed by atoms with van der Waals surface area (Å²) < 4.78 is 0. The van der Waals surface area contributed by atoms with E-state index in [1.54, 1.807) is 0 Å². The van der Waals surface area contributed by atoms with Gasteiger partial charge in [-0.3, -0.25) is 0 Å². The van der Waals surface area contributed by atoms with Crippen molar-refractivity contribution in [3.63, 3.8) is 0 Å². The molecule has 0 radical (unpaired) electrons. The summed E-state index contributed by atoms with van der Waals surface area (Å²) in [6, 6.07) is 8.24. The highest BCUT2D eigenvalue weighted by Gasteiger charge is 2.32. The number of pyridine rings is 2. The minimum atomic E-state index is 0.612. The van der Waals surface area contributed by atoms with E-state index in [0.29, 0.717) is 10.3 Å². The van der Waals surface area contributed by atoms with Crippen LogP contribution in [0.4, 0.5) is 0 Å². The Morgan fingerprint density at radius 1 is 0.489 bits per heavy atom. The monoisotopic (exact) mass is 652 g/mol. The van der Waals surface area contributed by atoms with Crippen LogP contribution in [0.5, 0.6) is 0 Å². The Kier molecular flexibility index (Phi) is 14.4. The quantitative estimate of drug-likeness (QED) is 0.252. The first kappa shape index (κ1) is 35.2. The summed E-state index contributed by atoms with van der Waals surface area (Å²) in [7, 11) is 0. The average molecular weight is 654 g/mol. The number of unbranched alkanes of at least 4 members (excludes halogenated alkanes) is 1. The second kappa shape index (κ2) is 18.4. The van der Waals surface area contributed by atoms with Gasteiger partial charge >= 0.3 is 0 Å². The number of nitrogens with zero attached hydrogens (tertiary/aromatic N) is 2. The van der Waals surface area contributed by atoms with Gasteiger partial charge in [-0.25, -0.2) is 9.97 Å². The molecular weight excluding hydrogens is 591 g/mol. The van der Waals surface area contributed by atoms with E-state index >= 15 is 0 Å². The second-order valence-electron chi connectivity index (χ2n) is 15.5. The van der Waals surface area contributed by atoms with Crippen molar-refractivity contribution in [2.75, 3.05) is 0 Å². The van der Waals surface area contributed by atoms with Gasteiger partial charge in [0, 0.05) is 12.4 Å².